The lowest BCUT2D eigenvalue weighted by atomic mass is 10.3. The van der Waals surface area contributed by atoms with Crippen molar-refractivity contribution < 1.29 is 37.6 Å². The number of hydrogen-bond acceptors (Lipinski definition) is 4. The van der Waals surface area contributed by atoms with Gasteiger partial charge < -0.3 is 14.6 Å². The number of carbonyl (C=O) groups is 2. The van der Waals surface area contributed by atoms with Crippen LogP contribution in [0.25, 0.3) is 0 Å². The van der Waals surface area contributed by atoms with E-state index in [-0.39, 0.29) is 5.97 Å². The minimum Gasteiger partial charge on any atom is -0.542 e. The largest absolute Gasteiger partial charge is 0.542 e. The Hall–Kier alpha value is -2.12. The Balaban J connectivity index is 0.000000360. The number of carbonyl (C=O) groups excluding carboxylic acids is 2. The predicted octanol–water partition coefficient (Wildman–Crippen LogP) is -0.138. The first-order valence-electron chi connectivity index (χ1n) is 4.60. The van der Waals surface area contributed by atoms with Crippen molar-refractivity contribution in [3.05, 3.63) is 30.1 Å². The zero-order chi connectivity index (χ0) is 14.2. The van der Waals surface area contributed by atoms with E-state index in [0.29, 0.717) is 6.61 Å². The molecule has 0 spiro atoms. The standard InChI is InChI=1S/C8H9NO2.C2HF3O2/c1-7(10)11-6-8-2-4-9-5-3-8;3-2(4,5)1(6)7/h2-5H,6H2,1H3;(H,6,7). The third-order valence-corrected chi connectivity index (χ3v) is 1.46. The highest BCUT2D eigenvalue weighted by atomic mass is 19.4. The van der Waals surface area contributed by atoms with Gasteiger partial charge in [-0.3, -0.25) is 4.79 Å². The van der Waals surface area contributed by atoms with Gasteiger partial charge in [0.15, 0.2) is 12.4 Å². The maximum Gasteiger partial charge on any atom is 0.430 e. The molecule has 0 fully saturated rings. The van der Waals surface area contributed by atoms with Crippen molar-refractivity contribution in [3.8, 4) is 0 Å². The monoisotopic (exact) mass is 265 g/mol. The molecule has 18 heavy (non-hydrogen) atoms. The zero-order valence-electron chi connectivity index (χ0n) is 9.28. The highest BCUT2D eigenvalue weighted by Gasteiger charge is 2.28. The molecule has 0 amide bonds. The van der Waals surface area contributed by atoms with E-state index in [0.717, 1.165) is 5.56 Å². The Morgan fingerprint density at radius 2 is 1.78 bits per heavy atom. The molecule has 1 aromatic rings. The summed E-state index contributed by atoms with van der Waals surface area (Å²) in [4.78, 5) is 22.1. The summed E-state index contributed by atoms with van der Waals surface area (Å²) in [6.45, 7) is 1.75. The lowest BCUT2D eigenvalue weighted by Crippen LogP contribution is -2.37. The molecule has 0 aliphatic heterocycles. The molecule has 5 nitrogen and oxygen atoms in total. The van der Waals surface area contributed by atoms with Gasteiger partial charge in [-0.05, 0) is 0 Å². The molecule has 1 rings (SSSR count). The number of hydrogen-bond donors (Lipinski definition) is 0. The minimum atomic E-state index is -5.19. The number of pyridine rings is 1. The summed E-state index contributed by atoms with van der Waals surface area (Å²) in [5, 5.41) is 8.78. The fourth-order valence-corrected chi connectivity index (χ4v) is 0.703. The molecule has 0 bridgehead atoms. The quantitative estimate of drug-likeness (QED) is 0.697. The van der Waals surface area contributed by atoms with E-state index in [2.05, 4.69) is 4.98 Å². The molecule has 1 aromatic heterocycles. The third-order valence-electron chi connectivity index (χ3n) is 1.46. The van der Waals surface area contributed by atoms with Crippen molar-refractivity contribution in [2.24, 2.45) is 0 Å². The van der Waals surface area contributed by atoms with Crippen molar-refractivity contribution in [2.45, 2.75) is 19.7 Å². The number of halogens is 3. The van der Waals surface area contributed by atoms with Crippen LogP contribution in [0, 0.1) is 0 Å². The number of alkyl halides is 3. The molecule has 1 heterocycles. The topological polar surface area (TPSA) is 80.6 Å². The Labute approximate surface area is 100 Å². The van der Waals surface area contributed by atoms with Gasteiger partial charge in [-0.1, -0.05) is 0 Å². The van der Waals surface area contributed by atoms with Crippen molar-refractivity contribution in [1.29, 1.82) is 0 Å². The molecule has 0 aromatic carbocycles. The highest BCUT2D eigenvalue weighted by molar-refractivity contribution is 5.70. The van der Waals surface area contributed by atoms with Crippen LogP contribution in [0.5, 0.6) is 0 Å². The Morgan fingerprint density at radius 1 is 1.33 bits per heavy atom. The summed E-state index contributed by atoms with van der Waals surface area (Å²) < 4.78 is 36.3. The molecule has 8 heteroatoms. The number of carboxylic acids is 1. The predicted molar refractivity (Wildman–Crippen MR) is 49.5 cm³/mol. The molecule has 0 aliphatic rings. The van der Waals surface area contributed by atoms with Crippen LogP contribution in [-0.4, -0.2) is 18.1 Å². The first-order chi connectivity index (χ1) is 8.23. The molecule has 1 N–H and O–H groups in total. The highest BCUT2D eigenvalue weighted by Crippen LogP contribution is 2.11. The van der Waals surface area contributed by atoms with Crippen molar-refractivity contribution in [2.75, 3.05) is 0 Å². The maximum absolute atomic E-state index is 10.5. The van der Waals surface area contributed by atoms with Crippen LogP contribution < -0.4 is 10.1 Å². The zero-order valence-corrected chi connectivity index (χ0v) is 9.28. The van der Waals surface area contributed by atoms with Crippen molar-refractivity contribution in [3.63, 3.8) is 0 Å². The van der Waals surface area contributed by atoms with Crippen LogP contribution in [0.15, 0.2) is 24.5 Å². The number of carboxylic acid groups (broad SMARTS) is 1. The van der Waals surface area contributed by atoms with E-state index in [1.165, 1.54) is 6.92 Å². The second kappa shape index (κ2) is 7.25. The minimum absolute atomic E-state index is 0.252. The van der Waals surface area contributed by atoms with E-state index >= 15 is 0 Å². The van der Waals surface area contributed by atoms with Gasteiger partial charge in [-0.15, -0.1) is 0 Å². The van der Waals surface area contributed by atoms with Gasteiger partial charge in [-0.2, -0.15) is 13.2 Å². The SMILES string of the molecule is CC(=O)OCc1cc[nH+]cc1.O=C([O-])C(F)(F)F. The molecular weight excluding hydrogens is 255 g/mol. The first kappa shape index (κ1) is 15.9. The van der Waals surface area contributed by atoms with Crippen LogP contribution in [0.3, 0.4) is 0 Å². The van der Waals surface area contributed by atoms with Crippen molar-refractivity contribution >= 4 is 11.9 Å². The summed E-state index contributed by atoms with van der Waals surface area (Å²) in [5.41, 5.74) is 0.985. The van der Waals surface area contributed by atoms with Gasteiger partial charge in [0.05, 0.1) is 0 Å². The van der Waals surface area contributed by atoms with Crippen molar-refractivity contribution in [1.82, 2.24) is 0 Å². The number of nitrogens with one attached hydrogen (secondary N) is 1. The van der Waals surface area contributed by atoms with Crippen LogP contribution in [-0.2, 0) is 20.9 Å². The van der Waals surface area contributed by atoms with Gasteiger partial charge in [0.25, 0.3) is 0 Å². The average molecular weight is 265 g/mol. The smallest absolute Gasteiger partial charge is 0.430 e. The molecule has 0 aliphatic carbocycles. The van der Waals surface area contributed by atoms with E-state index in [4.69, 9.17) is 14.6 Å². The Morgan fingerprint density at radius 3 is 2.11 bits per heavy atom. The fraction of sp³-hybridized carbons (Fsp3) is 0.300. The Kier molecular flexibility index (Phi) is 6.40. The second-order valence-corrected chi connectivity index (χ2v) is 2.97. The van der Waals surface area contributed by atoms with Gasteiger partial charge >= 0.3 is 12.1 Å². The second-order valence-electron chi connectivity index (χ2n) is 2.97. The molecular formula is C10H10F3NO4. The Bertz CT molecular complexity index is 392. The summed E-state index contributed by atoms with van der Waals surface area (Å²) in [7, 11) is 0. The molecule has 0 radical (unpaired) electrons. The van der Waals surface area contributed by atoms with E-state index < -0.39 is 12.1 Å². The number of esters is 1. The molecule has 0 unspecified atom stereocenters. The van der Waals surface area contributed by atoms with Gasteiger partial charge in [0, 0.05) is 24.6 Å². The number of aromatic nitrogens is 1. The van der Waals surface area contributed by atoms with E-state index in [1.54, 1.807) is 12.4 Å². The number of H-pyrrole nitrogens is 1. The summed E-state index contributed by atoms with van der Waals surface area (Å²) >= 11 is 0. The van der Waals surface area contributed by atoms with Crippen LogP contribution in [0.2, 0.25) is 0 Å². The van der Waals surface area contributed by atoms with Gasteiger partial charge in [-0.25, -0.2) is 4.98 Å². The molecule has 0 atom stereocenters. The van der Waals surface area contributed by atoms with E-state index in [9.17, 15) is 18.0 Å². The molecule has 0 saturated carbocycles. The summed E-state index contributed by atoms with van der Waals surface area (Å²) in [5.74, 6) is -3.26. The maximum atomic E-state index is 10.5. The lowest BCUT2D eigenvalue weighted by molar-refractivity contribution is -0.378. The van der Waals surface area contributed by atoms with Gasteiger partial charge in [0.2, 0.25) is 0 Å². The van der Waals surface area contributed by atoms with Crippen LogP contribution in [0.4, 0.5) is 13.2 Å². The normalized spacial score (nSPS) is 10.0. The van der Waals surface area contributed by atoms with Crippen LogP contribution in [0.1, 0.15) is 12.5 Å². The van der Waals surface area contributed by atoms with Gasteiger partial charge in [0.1, 0.15) is 12.6 Å². The summed E-state index contributed by atoms with van der Waals surface area (Å²) in [6, 6.07) is 3.73. The lowest BCUT2D eigenvalue weighted by Gasteiger charge is -2.03. The summed E-state index contributed by atoms with van der Waals surface area (Å²) in [6.07, 6.45) is -1.61. The number of rotatable bonds is 2. The third kappa shape index (κ3) is 8.08. The van der Waals surface area contributed by atoms with Crippen LogP contribution >= 0.6 is 0 Å². The fourth-order valence-electron chi connectivity index (χ4n) is 0.703. The molecule has 0 saturated heterocycles. The number of aromatic amines is 1. The van der Waals surface area contributed by atoms with E-state index in [1.807, 2.05) is 12.1 Å². The average Bonchev–Trinajstić information content (AvgIpc) is 2.27. The number of aliphatic carboxylic acids is 1. The first-order valence-corrected chi connectivity index (χ1v) is 4.60. The molecule has 100 valence electrons. The number of ether oxygens (including phenoxy) is 1.